The molecule has 1 fully saturated rings. The predicted octanol–water partition coefficient (Wildman–Crippen LogP) is 0.942. The molecular weight excluding hydrogens is 398 g/mol. The third-order valence-electron chi connectivity index (χ3n) is 4.05. The molecule has 0 radical (unpaired) electrons. The van der Waals surface area contributed by atoms with E-state index in [0.29, 0.717) is 44.2 Å². The summed E-state index contributed by atoms with van der Waals surface area (Å²) in [7, 11) is 1.50. The number of nitrogens with zero attached hydrogens (tertiary/aromatic N) is 1. The Morgan fingerprint density at radius 3 is 2.45 bits per heavy atom. The average Bonchev–Trinajstić information content (AvgIpc) is 2.73. The highest BCUT2D eigenvalue weighted by molar-refractivity contribution is 7.80. The van der Waals surface area contributed by atoms with Gasteiger partial charge in [0, 0.05) is 37.9 Å². The van der Waals surface area contributed by atoms with Crippen LogP contribution in [0.4, 0.5) is 5.69 Å². The van der Waals surface area contributed by atoms with Gasteiger partial charge in [-0.25, -0.2) is 0 Å². The molecule has 0 aliphatic carbocycles. The zero-order chi connectivity index (χ0) is 21.1. The Hall–Kier alpha value is -2.56. The number of carbonyl (C=O) groups is 3. The molecule has 1 aromatic rings. The maximum atomic E-state index is 12.4. The van der Waals surface area contributed by atoms with Crippen molar-refractivity contribution in [2.24, 2.45) is 0 Å². The Morgan fingerprint density at radius 1 is 1.10 bits per heavy atom. The predicted molar refractivity (Wildman–Crippen MR) is 110 cm³/mol. The first-order chi connectivity index (χ1) is 14.0. The number of nitrogens with one attached hydrogen (secondary N) is 2. The van der Waals surface area contributed by atoms with Crippen molar-refractivity contribution in [3.63, 3.8) is 0 Å². The third-order valence-corrected chi connectivity index (χ3v) is 4.25. The lowest BCUT2D eigenvalue weighted by Gasteiger charge is -2.26. The minimum Gasteiger partial charge on any atom is -0.463 e. The minimum atomic E-state index is -0.475. The van der Waals surface area contributed by atoms with E-state index >= 15 is 0 Å². The molecule has 0 aromatic heterocycles. The van der Waals surface area contributed by atoms with Gasteiger partial charge in [0.15, 0.2) is 5.11 Å². The number of thiocarbonyl (C=S) groups is 1. The monoisotopic (exact) mass is 423 g/mol. The van der Waals surface area contributed by atoms with Crippen LogP contribution in [0.3, 0.4) is 0 Å². The number of morpholine rings is 1. The van der Waals surface area contributed by atoms with E-state index in [-0.39, 0.29) is 30.5 Å². The van der Waals surface area contributed by atoms with Gasteiger partial charge in [0.05, 0.1) is 26.2 Å². The summed E-state index contributed by atoms with van der Waals surface area (Å²) < 4.78 is 14.9. The summed E-state index contributed by atoms with van der Waals surface area (Å²) in [5, 5.41) is 5.48. The number of hydrogen-bond donors (Lipinski definition) is 2. The second-order valence-electron chi connectivity index (χ2n) is 6.20. The fraction of sp³-hybridized carbons (Fsp3) is 0.474. The first-order valence-electron chi connectivity index (χ1n) is 9.22. The van der Waals surface area contributed by atoms with E-state index in [1.807, 2.05) is 0 Å². The Bertz CT molecular complexity index is 719. The van der Waals surface area contributed by atoms with Gasteiger partial charge in [-0.05, 0) is 36.5 Å². The summed E-state index contributed by atoms with van der Waals surface area (Å²) in [5.74, 6) is -0.921. The SMILES string of the molecule is COCCOC(=O)CCC(=O)NC(=S)Nc1ccc(C(=O)N2CCOCC2)cc1. The van der Waals surface area contributed by atoms with E-state index in [0.717, 1.165) is 0 Å². The number of hydrogen-bond acceptors (Lipinski definition) is 7. The Balaban J connectivity index is 1.73. The van der Waals surface area contributed by atoms with Crippen molar-refractivity contribution in [1.82, 2.24) is 10.2 Å². The number of rotatable bonds is 8. The van der Waals surface area contributed by atoms with Crippen LogP contribution in [-0.4, -0.2) is 74.4 Å². The van der Waals surface area contributed by atoms with Crippen molar-refractivity contribution in [2.75, 3.05) is 51.9 Å². The second-order valence-corrected chi connectivity index (χ2v) is 6.61. The van der Waals surface area contributed by atoms with Crippen molar-refractivity contribution in [1.29, 1.82) is 0 Å². The molecule has 0 unspecified atom stereocenters. The van der Waals surface area contributed by atoms with E-state index in [9.17, 15) is 14.4 Å². The molecule has 10 heteroatoms. The lowest BCUT2D eigenvalue weighted by molar-refractivity contribution is -0.146. The van der Waals surface area contributed by atoms with E-state index < -0.39 is 11.9 Å². The normalized spacial score (nSPS) is 13.5. The molecular formula is C19H25N3O6S. The zero-order valence-electron chi connectivity index (χ0n) is 16.3. The average molecular weight is 423 g/mol. The standard InChI is InChI=1S/C19H25N3O6S/c1-26-12-13-28-17(24)7-6-16(23)21-19(29)20-15-4-2-14(3-5-15)18(25)22-8-10-27-11-9-22/h2-5H,6-13H2,1H3,(H2,20,21,23,29). The summed E-state index contributed by atoms with van der Waals surface area (Å²) >= 11 is 5.10. The van der Waals surface area contributed by atoms with Gasteiger partial charge in [-0.3, -0.25) is 14.4 Å². The number of anilines is 1. The molecule has 2 N–H and O–H groups in total. The summed E-state index contributed by atoms with van der Waals surface area (Å²) in [6, 6.07) is 6.81. The summed E-state index contributed by atoms with van der Waals surface area (Å²) in [5.41, 5.74) is 1.20. The van der Waals surface area contributed by atoms with E-state index in [4.69, 9.17) is 26.4 Å². The van der Waals surface area contributed by atoms with Crippen LogP contribution in [-0.2, 0) is 23.8 Å². The van der Waals surface area contributed by atoms with Crippen LogP contribution in [0.5, 0.6) is 0 Å². The van der Waals surface area contributed by atoms with Crippen molar-refractivity contribution < 1.29 is 28.6 Å². The molecule has 1 aliphatic rings. The molecule has 29 heavy (non-hydrogen) atoms. The number of esters is 1. The quantitative estimate of drug-likeness (QED) is 0.362. The van der Waals surface area contributed by atoms with Gasteiger partial charge in [-0.15, -0.1) is 0 Å². The van der Waals surface area contributed by atoms with Crippen molar-refractivity contribution in [3.8, 4) is 0 Å². The molecule has 2 rings (SSSR count). The van der Waals surface area contributed by atoms with Gasteiger partial charge in [-0.2, -0.15) is 0 Å². The maximum Gasteiger partial charge on any atom is 0.306 e. The number of methoxy groups -OCH3 is 1. The highest BCUT2D eigenvalue weighted by Gasteiger charge is 2.18. The zero-order valence-corrected chi connectivity index (χ0v) is 17.1. The van der Waals surface area contributed by atoms with Crippen LogP contribution in [0.15, 0.2) is 24.3 Å². The first kappa shape index (κ1) is 22.7. The lowest BCUT2D eigenvalue weighted by atomic mass is 10.1. The molecule has 1 saturated heterocycles. The van der Waals surface area contributed by atoms with Crippen LogP contribution < -0.4 is 10.6 Å². The largest absolute Gasteiger partial charge is 0.463 e. The molecule has 1 heterocycles. The van der Waals surface area contributed by atoms with Crippen LogP contribution in [0.2, 0.25) is 0 Å². The molecule has 0 bridgehead atoms. The van der Waals surface area contributed by atoms with E-state index in [1.165, 1.54) is 7.11 Å². The third kappa shape index (κ3) is 8.14. The van der Waals surface area contributed by atoms with Gasteiger partial charge in [-0.1, -0.05) is 0 Å². The van der Waals surface area contributed by atoms with Gasteiger partial charge >= 0.3 is 5.97 Å². The molecule has 0 spiro atoms. The number of carbonyl (C=O) groups excluding carboxylic acids is 3. The Kier molecular flexibility index (Phi) is 9.48. The first-order valence-corrected chi connectivity index (χ1v) is 9.63. The highest BCUT2D eigenvalue weighted by atomic mass is 32.1. The molecule has 158 valence electrons. The fourth-order valence-corrected chi connectivity index (χ4v) is 2.75. The number of ether oxygens (including phenoxy) is 3. The van der Waals surface area contributed by atoms with Gasteiger partial charge < -0.3 is 29.7 Å². The number of benzene rings is 1. The second kappa shape index (κ2) is 12.1. The van der Waals surface area contributed by atoms with Crippen molar-refractivity contribution in [3.05, 3.63) is 29.8 Å². The number of amides is 2. The van der Waals surface area contributed by atoms with Crippen LogP contribution in [0, 0.1) is 0 Å². The van der Waals surface area contributed by atoms with Crippen molar-refractivity contribution in [2.45, 2.75) is 12.8 Å². The van der Waals surface area contributed by atoms with E-state index in [2.05, 4.69) is 10.6 Å². The van der Waals surface area contributed by atoms with Crippen molar-refractivity contribution >= 4 is 40.8 Å². The van der Waals surface area contributed by atoms with E-state index in [1.54, 1.807) is 29.2 Å². The molecule has 0 saturated carbocycles. The maximum absolute atomic E-state index is 12.4. The molecule has 2 amide bonds. The topological polar surface area (TPSA) is 106 Å². The lowest BCUT2D eigenvalue weighted by Crippen LogP contribution is -2.40. The minimum absolute atomic E-state index is 0.0410. The fourth-order valence-electron chi connectivity index (χ4n) is 2.52. The van der Waals surface area contributed by atoms with Gasteiger partial charge in [0.25, 0.3) is 5.91 Å². The van der Waals surface area contributed by atoms with Crippen LogP contribution in [0.1, 0.15) is 23.2 Å². The summed E-state index contributed by atoms with van der Waals surface area (Å²) in [6.45, 7) is 2.71. The molecule has 9 nitrogen and oxygen atoms in total. The van der Waals surface area contributed by atoms with Crippen LogP contribution in [0.25, 0.3) is 0 Å². The van der Waals surface area contributed by atoms with Gasteiger partial charge in [0.2, 0.25) is 5.91 Å². The van der Waals surface area contributed by atoms with Crippen LogP contribution >= 0.6 is 12.2 Å². The highest BCUT2D eigenvalue weighted by Crippen LogP contribution is 2.12. The smallest absolute Gasteiger partial charge is 0.306 e. The van der Waals surface area contributed by atoms with Gasteiger partial charge in [0.1, 0.15) is 6.61 Å². The Morgan fingerprint density at radius 2 is 1.79 bits per heavy atom. The Labute approximate surface area is 174 Å². The molecule has 0 atom stereocenters. The summed E-state index contributed by atoms with van der Waals surface area (Å²) in [4.78, 5) is 37.5. The molecule has 1 aliphatic heterocycles. The summed E-state index contributed by atoms with van der Waals surface area (Å²) in [6.07, 6.45) is -0.0862. The molecule has 1 aromatic carbocycles.